The lowest BCUT2D eigenvalue weighted by atomic mass is 10.1. The number of carbonyl (C=O) groups is 2. The summed E-state index contributed by atoms with van der Waals surface area (Å²) in [5.74, 6) is -1.26. The molecule has 164 valence electrons. The molecule has 3 aromatic rings. The van der Waals surface area contributed by atoms with Crippen LogP contribution in [0.3, 0.4) is 0 Å². The molecular weight excluding hydrogens is 423 g/mol. The van der Waals surface area contributed by atoms with E-state index in [0.717, 1.165) is 23.3 Å². The van der Waals surface area contributed by atoms with Gasteiger partial charge in [-0.15, -0.1) is 13.2 Å². The molecule has 0 aliphatic carbocycles. The molecule has 1 aromatic heterocycles. The van der Waals surface area contributed by atoms with E-state index in [0.29, 0.717) is 5.69 Å². The third kappa shape index (κ3) is 6.69. The van der Waals surface area contributed by atoms with E-state index >= 15 is 0 Å². The fraction of sp³-hybridized carbons (Fsp3) is 0.0870. The van der Waals surface area contributed by atoms with Crippen molar-refractivity contribution < 1.29 is 27.5 Å². The molecule has 0 aliphatic rings. The Kier molecular flexibility index (Phi) is 6.89. The highest BCUT2D eigenvalue weighted by atomic mass is 19.4. The fourth-order valence-electron chi connectivity index (χ4n) is 2.66. The normalized spacial score (nSPS) is 11.2. The van der Waals surface area contributed by atoms with Gasteiger partial charge < -0.3 is 15.4 Å². The van der Waals surface area contributed by atoms with E-state index in [2.05, 4.69) is 20.4 Å². The number of hydrogen-bond acceptors (Lipinski definition) is 4. The second-order valence-corrected chi connectivity index (χ2v) is 6.66. The zero-order valence-corrected chi connectivity index (χ0v) is 16.8. The van der Waals surface area contributed by atoms with Crippen LogP contribution < -0.4 is 15.4 Å². The van der Waals surface area contributed by atoms with Crippen molar-refractivity contribution in [2.75, 3.05) is 10.6 Å². The van der Waals surface area contributed by atoms with Crippen LogP contribution in [0.15, 0.2) is 73.1 Å². The van der Waals surface area contributed by atoms with Crippen molar-refractivity contribution >= 4 is 29.3 Å². The second-order valence-electron chi connectivity index (χ2n) is 6.66. The Morgan fingerprint density at radius 3 is 2.44 bits per heavy atom. The fourth-order valence-corrected chi connectivity index (χ4v) is 2.66. The molecule has 2 N–H and O–H groups in total. The summed E-state index contributed by atoms with van der Waals surface area (Å²) in [7, 11) is 0. The quantitative estimate of drug-likeness (QED) is 0.516. The molecule has 1 heterocycles. The second kappa shape index (κ2) is 9.78. The van der Waals surface area contributed by atoms with Crippen LogP contribution in [-0.4, -0.2) is 23.2 Å². The van der Waals surface area contributed by atoms with Crippen LogP contribution in [0.25, 0.3) is 6.08 Å². The first-order chi connectivity index (χ1) is 15.2. The van der Waals surface area contributed by atoms with Gasteiger partial charge in [-0.2, -0.15) is 0 Å². The molecule has 6 nitrogen and oxygen atoms in total. The van der Waals surface area contributed by atoms with Crippen LogP contribution in [0.1, 0.15) is 21.5 Å². The van der Waals surface area contributed by atoms with Gasteiger partial charge in [0.2, 0.25) is 5.91 Å². The third-order valence-corrected chi connectivity index (χ3v) is 4.21. The van der Waals surface area contributed by atoms with E-state index in [1.165, 1.54) is 24.3 Å². The highest BCUT2D eigenvalue weighted by Gasteiger charge is 2.30. The van der Waals surface area contributed by atoms with Crippen molar-refractivity contribution in [2.24, 2.45) is 0 Å². The van der Waals surface area contributed by atoms with Crippen LogP contribution >= 0.6 is 0 Å². The molecule has 0 saturated carbocycles. The zero-order chi connectivity index (χ0) is 23.1. The minimum atomic E-state index is -4.79. The largest absolute Gasteiger partial charge is 0.573 e. The lowest BCUT2D eigenvalue weighted by Crippen LogP contribution is -2.17. The van der Waals surface area contributed by atoms with Crippen molar-refractivity contribution in [1.82, 2.24) is 4.98 Å². The average Bonchev–Trinajstić information content (AvgIpc) is 2.75. The van der Waals surface area contributed by atoms with Gasteiger partial charge >= 0.3 is 6.36 Å². The smallest absolute Gasteiger partial charge is 0.406 e. The van der Waals surface area contributed by atoms with Crippen LogP contribution in [0.5, 0.6) is 5.75 Å². The first kappa shape index (κ1) is 22.5. The minimum Gasteiger partial charge on any atom is -0.406 e. The van der Waals surface area contributed by atoms with Crippen LogP contribution in [0, 0.1) is 6.92 Å². The molecule has 3 rings (SSSR count). The van der Waals surface area contributed by atoms with Crippen LogP contribution in [0.2, 0.25) is 0 Å². The molecular formula is C23H18F3N3O3. The van der Waals surface area contributed by atoms with Gasteiger partial charge in [0.15, 0.2) is 0 Å². The minimum absolute atomic E-state index is 0.262. The molecule has 2 aromatic carbocycles. The zero-order valence-electron chi connectivity index (χ0n) is 16.8. The Balaban J connectivity index is 1.66. The molecule has 9 heteroatoms. The van der Waals surface area contributed by atoms with Gasteiger partial charge in [0, 0.05) is 35.4 Å². The molecule has 0 atom stereocenters. The number of aromatic nitrogens is 1. The Bertz CT molecular complexity index is 1130. The summed E-state index contributed by atoms with van der Waals surface area (Å²) in [6.45, 7) is 1.78. The summed E-state index contributed by atoms with van der Waals surface area (Å²) < 4.78 is 40.5. The maximum Gasteiger partial charge on any atom is 0.573 e. The topological polar surface area (TPSA) is 80.3 Å². The number of aryl methyl sites for hydroxylation is 1. The van der Waals surface area contributed by atoms with Crippen molar-refractivity contribution in [1.29, 1.82) is 0 Å². The number of nitrogens with one attached hydrogen (secondary N) is 2. The first-order valence-electron chi connectivity index (χ1n) is 9.36. The first-order valence-corrected chi connectivity index (χ1v) is 9.36. The number of alkyl halides is 3. The summed E-state index contributed by atoms with van der Waals surface area (Å²) >= 11 is 0. The number of nitrogens with zero attached hydrogens (tertiary/aromatic N) is 1. The molecule has 0 aliphatic heterocycles. The molecule has 2 amide bonds. The highest BCUT2D eigenvalue weighted by molar-refractivity contribution is 6.07. The molecule has 0 radical (unpaired) electrons. The van der Waals surface area contributed by atoms with Crippen molar-refractivity contribution in [3.63, 3.8) is 0 Å². The van der Waals surface area contributed by atoms with Gasteiger partial charge in [0.25, 0.3) is 5.91 Å². The monoisotopic (exact) mass is 441 g/mol. The van der Waals surface area contributed by atoms with E-state index in [1.807, 2.05) is 0 Å². The lowest BCUT2D eigenvalue weighted by molar-refractivity contribution is -0.274. The summed E-state index contributed by atoms with van der Waals surface area (Å²) in [4.78, 5) is 28.7. The van der Waals surface area contributed by atoms with Gasteiger partial charge in [0.1, 0.15) is 5.75 Å². The van der Waals surface area contributed by atoms with Crippen molar-refractivity contribution in [3.05, 3.63) is 89.8 Å². The number of halogens is 3. The summed E-state index contributed by atoms with van der Waals surface area (Å²) in [6.07, 6.45) is 1.42. The maximum absolute atomic E-state index is 12.5. The summed E-state index contributed by atoms with van der Waals surface area (Å²) in [5.41, 5.74) is 2.51. The number of ether oxygens (including phenoxy) is 1. The van der Waals surface area contributed by atoms with E-state index in [9.17, 15) is 22.8 Å². The standard InChI is InChI=1S/C23H18F3N3O3/c1-15-4-6-17(13-20(15)29-21(30)11-5-16-3-2-12-27-14-16)22(31)28-18-7-9-19(10-8-18)32-23(24,25)26/h2-14H,1H3,(H,28,31)(H,29,30). The van der Waals surface area contributed by atoms with Gasteiger partial charge in [-0.25, -0.2) is 0 Å². The van der Waals surface area contributed by atoms with Crippen LogP contribution in [0.4, 0.5) is 24.5 Å². The number of carbonyl (C=O) groups excluding carboxylic acids is 2. The summed E-state index contributed by atoms with van der Waals surface area (Å²) in [6, 6.07) is 13.1. The molecule has 0 spiro atoms. The number of benzene rings is 2. The molecule has 0 unspecified atom stereocenters. The highest BCUT2D eigenvalue weighted by Crippen LogP contribution is 2.24. The number of amides is 2. The Hall–Kier alpha value is -4.14. The average molecular weight is 441 g/mol. The molecule has 0 fully saturated rings. The number of rotatable bonds is 6. The van der Waals surface area contributed by atoms with E-state index in [4.69, 9.17) is 0 Å². The number of pyridine rings is 1. The molecule has 0 bridgehead atoms. The number of hydrogen-bond donors (Lipinski definition) is 2. The predicted octanol–water partition coefficient (Wildman–Crippen LogP) is 5.19. The Morgan fingerprint density at radius 2 is 1.78 bits per heavy atom. The predicted molar refractivity (Wildman–Crippen MR) is 114 cm³/mol. The van der Waals surface area contributed by atoms with Gasteiger partial charge in [-0.1, -0.05) is 12.1 Å². The van der Waals surface area contributed by atoms with Crippen molar-refractivity contribution in [3.8, 4) is 5.75 Å². The Labute approximate surface area is 181 Å². The van der Waals surface area contributed by atoms with Crippen LogP contribution in [-0.2, 0) is 4.79 Å². The third-order valence-electron chi connectivity index (χ3n) is 4.21. The van der Waals surface area contributed by atoms with Gasteiger partial charge in [-0.3, -0.25) is 14.6 Å². The van der Waals surface area contributed by atoms with E-state index < -0.39 is 18.0 Å². The SMILES string of the molecule is Cc1ccc(C(=O)Nc2ccc(OC(F)(F)F)cc2)cc1NC(=O)C=Cc1cccnc1. The van der Waals surface area contributed by atoms with Gasteiger partial charge in [-0.05, 0) is 66.6 Å². The molecule has 32 heavy (non-hydrogen) atoms. The number of anilines is 2. The molecule has 0 saturated heterocycles. The summed E-state index contributed by atoms with van der Waals surface area (Å²) in [5, 5.41) is 5.31. The Morgan fingerprint density at radius 1 is 1.03 bits per heavy atom. The van der Waals surface area contributed by atoms with E-state index in [1.54, 1.807) is 49.7 Å². The van der Waals surface area contributed by atoms with Crippen molar-refractivity contribution in [2.45, 2.75) is 13.3 Å². The lowest BCUT2D eigenvalue weighted by Gasteiger charge is -2.11. The van der Waals surface area contributed by atoms with Gasteiger partial charge in [0.05, 0.1) is 0 Å². The van der Waals surface area contributed by atoms with E-state index in [-0.39, 0.29) is 17.2 Å². The maximum atomic E-state index is 12.5.